The molecule has 3 rings (SSSR count). The molecule has 1 aromatic carbocycles. The molecule has 0 amide bonds. The van der Waals surface area contributed by atoms with E-state index in [-0.39, 0.29) is 18.2 Å². The van der Waals surface area contributed by atoms with Crippen LogP contribution in [0.1, 0.15) is 33.1 Å². The second-order valence-electron chi connectivity index (χ2n) is 5.71. The van der Waals surface area contributed by atoms with E-state index in [0.717, 1.165) is 22.6 Å². The molecule has 0 unspecified atom stereocenters. The molecule has 0 fully saturated rings. The second kappa shape index (κ2) is 6.13. The monoisotopic (exact) mass is 319 g/mol. The third-order valence-corrected chi connectivity index (χ3v) is 4.03. The van der Waals surface area contributed by atoms with Crippen LogP contribution in [-0.2, 0) is 6.54 Å². The van der Waals surface area contributed by atoms with Gasteiger partial charge in [-0.3, -0.25) is 4.79 Å². The third-order valence-electron chi connectivity index (χ3n) is 4.03. The summed E-state index contributed by atoms with van der Waals surface area (Å²) in [7, 11) is 0. The molecule has 0 spiro atoms. The molecule has 0 aliphatic carbocycles. The van der Waals surface area contributed by atoms with Crippen LogP contribution in [0.3, 0.4) is 0 Å². The van der Waals surface area contributed by atoms with Crippen molar-refractivity contribution in [1.29, 1.82) is 5.26 Å². The number of ketones is 1. The van der Waals surface area contributed by atoms with Gasteiger partial charge in [-0.15, -0.1) is 5.10 Å². The normalized spacial score (nSPS) is 10.6. The predicted octanol–water partition coefficient (Wildman–Crippen LogP) is 2.75. The number of aryl methyl sites for hydroxylation is 2. The van der Waals surface area contributed by atoms with E-state index in [2.05, 4.69) is 27.6 Å². The Labute approximate surface area is 140 Å². The number of para-hydroxylation sites is 1. The van der Waals surface area contributed by atoms with Gasteiger partial charge in [-0.25, -0.2) is 9.67 Å². The maximum absolute atomic E-state index is 12.6. The number of nitriles is 1. The zero-order valence-electron chi connectivity index (χ0n) is 13.8. The Bertz CT molecular complexity index is 958. The Balaban J connectivity index is 1.95. The van der Waals surface area contributed by atoms with Gasteiger partial charge in [0, 0.05) is 22.6 Å². The molecule has 2 aromatic heterocycles. The first kappa shape index (κ1) is 15.7. The van der Waals surface area contributed by atoms with E-state index >= 15 is 0 Å². The molecule has 0 aliphatic heterocycles. The van der Waals surface area contributed by atoms with Crippen molar-refractivity contribution in [3.63, 3.8) is 0 Å². The van der Waals surface area contributed by atoms with Crippen molar-refractivity contribution in [1.82, 2.24) is 19.3 Å². The van der Waals surface area contributed by atoms with Crippen LogP contribution in [0.25, 0.3) is 5.69 Å². The van der Waals surface area contributed by atoms with Crippen molar-refractivity contribution >= 4 is 5.78 Å². The molecule has 3 aromatic rings. The Kier molecular flexibility index (Phi) is 4.00. The van der Waals surface area contributed by atoms with Crippen molar-refractivity contribution in [3.05, 3.63) is 65.0 Å². The highest BCUT2D eigenvalue weighted by molar-refractivity contribution is 5.97. The van der Waals surface area contributed by atoms with Crippen molar-refractivity contribution < 1.29 is 4.79 Å². The lowest BCUT2D eigenvalue weighted by molar-refractivity contribution is 0.0967. The van der Waals surface area contributed by atoms with Crippen molar-refractivity contribution in [2.45, 2.75) is 27.3 Å². The fourth-order valence-corrected chi connectivity index (χ4v) is 2.88. The lowest BCUT2D eigenvalue weighted by atomic mass is 10.1. The van der Waals surface area contributed by atoms with Crippen LogP contribution in [0, 0.1) is 32.1 Å². The van der Waals surface area contributed by atoms with Crippen LogP contribution in [0.5, 0.6) is 0 Å². The minimum Gasteiger partial charge on any atom is -0.317 e. The van der Waals surface area contributed by atoms with Crippen molar-refractivity contribution in [2.24, 2.45) is 0 Å². The van der Waals surface area contributed by atoms with E-state index in [1.807, 2.05) is 44.2 Å². The number of rotatable bonds is 4. The van der Waals surface area contributed by atoms with E-state index < -0.39 is 0 Å². The van der Waals surface area contributed by atoms with Crippen LogP contribution in [0.2, 0.25) is 0 Å². The average Bonchev–Trinajstić information content (AvgIpc) is 3.13. The summed E-state index contributed by atoms with van der Waals surface area (Å²) in [6, 6.07) is 11.8. The molecule has 0 atom stereocenters. The zero-order valence-corrected chi connectivity index (χ0v) is 13.8. The summed E-state index contributed by atoms with van der Waals surface area (Å²) < 4.78 is 3.48. The average molecular weight is 319 g/mol. The topological polar surface area (TPSA) is 76.5 Å². The van der Waals surface area contributed by atoms with Gasteiger partial charge in [-0.1, -0.05) is 18.2 Å². The highest BCUT2D eigenvalue weighted by atomic mass is 16.1. The molecule has 24 heavy (non-hydrogen) atoms. The van der Waals surface area contributed by atoms with Gasteiger partial charge < -0.3 is 4.57 Å². The molecule has 0 radical (unpaired) electrons. The van der Waals surface area contributed by atoms with Crippen molar-refractivity contribution in [2.75, 3.05) is 0 Å². The largest absolute Gasteiger partial charge is 0.317 e. The molecule has 2 heterocycles. The van der Waals surface area contributed by atoms with Gasteiger partial charge in [0.25, 0.3) is 5.82 Å². The molecular weight excluding hydrogens is 302 g/mol. The Morgan fingerprint density at radius 3 is 2.67 bits per heavy atom. The molecule has 0 N–H and O–H groups in total. The molecule has 120 valence electrons. The van der Waals surface area contributed by atoms with E-state index in [1.165, 1.54) is 11.0 Å². The van der Waals surface area contributed by atoms with Gasteiger partial charge in [0.15, 0.2) is 5.78 Å². The summed E-state index contributed by atoms with van der Waals surface area (Å²) in [6.07, 6.45) is 1.40. The van der Waals surface area contributed by atoms with Crippen molar-refractivity contribution in [3.8, 4) is 11.8 Å². The second-order valence-corrected chi connectivity index (χ2v) is 5.71. The summed E-state index contributed by atoms with van der Waals surface area (Å²) in [5.41, 5.74) is 4.77. The molecule has 6 heteroatoms. The molecular formula is C18H17N5O. The number of hydrogen-bond donors (Lipinski definition) is 0. The summed E-state index contributed by atoms with van der Waals surface area (Å²) in [4.78, 5) is 16.4. The first-order valence-electron chi connectivity index (χ1n) is 7.59. The zero-order chi connectivity index (χ0) is 17.3. The minimum absolute atomic E-state index is 0.0580. The molecule has 0 bridgehead atoms. The van der Waals surface area contributed by atoms with E-state index in [4.69, 9.17) is 5.26 Å². The van der Waals surface area contributed by atoms with Crippen LogP contribution in [-0.4, -0.2) is 25.1 Å². The van der Waals surface area contributed by atoms with Gasteiger partial charge in [0.1, 0.15) is 18.9 Å². The van der Waals surface area contributed by atoms with Gasteiger partial charge >= 0.3 is 0 Å². The lowest BCUT2D eigenvalue weighted by Gasteiger charge is -2.12. The van der Waals surface area contributed by atoms with Gasteiger partial charge in [-0.2, -0.15) is 5.26 Å². The van der Waals surface area contributed by atoms with Gasteiger partial charge in [0.05, 0.1) is 0 Å². The number of hydrogen-bond acceptors (Lipinski definition) is 4. The predicted molar refractivity (Wildman–Crippen MR) is 89.0 cm³/mol. The number of carbonyl (C=O) groups excluding carboxylic acids is 1. The van der Waals surface area contributed by atoms with Crippen LogP contribution in [0.4, 0.5) is 0 Å². The summed E-state index contributed by atoms with van der Waals surface area (Å²) in [6.45, 7) is 6.04. The third kappa shape index (κ3) is 2.72. The minimum atomic E-state index is -0.0580. The SMILES string of the molecule is Cc1ccccc1-n1c(C)cc(C(=O)Cn2cnc(C#N)n2)c1C. The number of nitrogens with zero attached hydrogens (tertiary/aromatic N) is 5. The molecule has 0 aliphatic rings. The van der Waals surface area contributed by atoms with Gasteiger partial charge in [0.2, 0.25) is 0 Å². The first-order chi connectivity index (χ1) is 11.5. The first-order valence-corrected chi connectivity index (χ1v) is 7.59. The number of benzene rings is 1. The number of carbonyl (C=O) groups is 1. The van der Waals surface area contributed by atoms with Crippen LogP contribution in [0.15, 0.2) is 36.7 Å². The summed E-state index contributed by atoms with van der Waals surface area (Å²) in [5, 5.41) is 12.7. The molecule has 0 saturated heterocycles. The van der Waals surface area contributed by atoms with E-state index in [9.17, 15) is 4.79 Å². The maximum atomic E-state index is 12.6. The maximum Gasteiger partial charge on any atom is 0.252 e. The quantitative estimate of drug-likeness (QED) is 0.693. The van der Waals surface area contributed by atoms with Crippen LogP contribution < -0.4 is 0 Å². The summed E-state index contributed by atoms with van der Waals surface area (Å²) >= 11 is 0. The highest BCUT2D eigenvalue weighted by Gasteiger charge is 2.18. The smallest absolute Gasteiger partial charge is 0.252 e. The Morgan fingerprint density at radius 2 is 2.00 bits per heavy atom. The fraction of sp³-hybridized carbons (Fsp3) is 0.222. The van der Waals surface area contributed by atoms with Crippen LogP contribution >= 0.6 is 0 Å². The van der Waals surface area contributed by atoms with Gasteiger partial charge in [-0.05, 0) is 38.5 Å². The van der Waals surface area contributed by atoms with E-state index in [1.54, 1.807) is 0 Å². The molecule has 0 saturated carbocycles. The standard InChI is InChI=1S/C18H17N5O/c1-12-6-4-5-7-16(12)23-13(2)8-15(14(23)3)17(24)10-22-11-20-18(9-19)21-22/h4-8,11H,10H2,1-3H3. The highest BCUT2D eigenvalue weighted by Crippen LogP contribution is 2.23. The fourth-order valence-electron chi connectivity index (χ4n) is 2.88. The Hall–Kier alpha value is -3.20. The number of Topliss-reactive ketones (excluding diaryl/α,β-unsaturated/α-hetero) is 1. The molecule has 6 nitrogen and oxygen atoms in total. The van der Waals surface area contributed by atoms with E-state index in [0.29, 0.717) is 5.56 Å². The summed E-state index contributed by atoms with van der Waals surface area (Å²) in [5.74, 6) is 0.00510. The lowest BCUT2D eigenvalue weighted by Crippen LogP contribution is -2.12. The Morgan fingerprint density at radius 1 is 1.25 bits per heavy atom. The number of aromatic nitrogens is 4.